The maximum absolute atomic E-state index is 13.3. The van der Waals surface area contributed by atoms with Gasteiger partial charge in [-0.05, 0) is 84.6 Å². The molecule has 0 saturated carbocycles. The lowest BCUT2D eigenvalue weighted by Gasteiger charge is -2.34. The summed E-state index contributed by atoms with van der Waals surface area (Å²) in [5.74, 6) is -0.713. The Morgan fingerprint density at radius 3 is 2.35 bits per heavy atom. The lowest BCUT2D eigenvalue weighted by atomic mass is 9.74. The maximum atomic E-state index is 13.3. The summed E-state index contributed by atoms with van der Waals surface area (Å²) < 4.78 is 11.0. The van der Waals surface area contributed by atoms with E-state index in [1.807, 2.05) is 39.0 Å². The Labute approximate surface area is 187 Å². The van der Waals surface area contributed by atoms with Crippen LogP contribution >= 0.6 is 0 Å². The molecular formula is C25H40N2O4. The number of carbonyl (C=O) groups is 2. The molecule has 0 radical (unpaired) electrons. The molecule has 174 valence electrons. The van der Waals surface area contributed by atoms with Crippen molar-refractivity contribution in [3.8, 4) is 5.75 Å². The number of methoxy groups -OCH3 is 1. The smallest absolute Gasteiger partial charge is 0.310 e. The molecule has 0 saturated heterocycles. The van der Waals surface area contributed by atoms with Gasteiger partial charge in [0.15, 0.2) is 0 Å². The van der Waals surface area contributed by atoms with Gasteiger partial charge in [-0.15, -0.1) is 0 Å². The first-order valence-electron chi connectivity index (χ1n) is 11.4. The number of nitrogens with one attached hydrogen (secondary N) is 1. The van der Waals surface area contributed by atoms with E-state index in [0.29, 0.717) is 31.5 Å². The van der Waals surface area contributed by atoms with E-state index >= 15 is 0 Å². The van der Waals surface area contributed by atoms with E-state index < -0.39 is 17.4 Å². The summed E-state index contributed by atoms with van der Waals surface area (Å²) in [7, 11) is 1.63. The predicted octanol–water partition coefficient (Wildman–Crippen LogP) is 3.92. The number of fused-ring (bicyclic) bond motifs is 1. The number of amides is 1. The molecule has 0 bridgehead atoms. The van der Waals surface area contributed by atoms with Crippen LogP contribution in [0.25, 0.3) is 0 Å². The monoisotopic (exact) mass is 432 g/mol. The second-order valence-electron chi connectivity index (χ2n) is 9.94. The molecule has 0 aromatic heterocycles. The third-order valence-electron chi connectivity index (χ3n) is 5.80. The van der Waals surface area contributed by atoms with Gasteiger partial charge in [-0.1, -0.05) is 6.07 Å². The van der Waals surface area contributed by atoms with Gasteiger partial charge < -0.3 is 14.8 Å². The lowest BCUT2D eigenvalue weighted by Crippen LogP contribution is -2.45. The van der Waals surface area contributed by atoms with Crippen molar-refractivity contribution in [1.82, 2.24) is 10.2 Å². The van der Waals surface area contributed by atoms with Crippen LogP contribution in [0, 0.1) is 5.92 Å². The third-order valence-corrected chi connectivity index (χ3v) is 5.80. The number of hydrogen-bond donors (Lipinski definition) is 1. The van der Waals surface area contributed by atoms with Gasteiger partial charge in [0.1, 0.15) is 11.4 Å². The summed E-state index contributed by atoms with van der Waals surface area (Å²) in [5, 5.41) is 3.09. The molecule has 31 heavy (non-hydrogen) atoms. The van der Waals surface area contributed by atoms with Crippen LogP contribution in [0.15, 0.2) is 18.2 Å². The van der Waals surface area contributed by atoms with E-state index in [0.717, 1.165) is 23.4 Å². The van der Waals surface area contributed by atoms with Crippen molar-refractivity contribution in [3.05, 3.63) is 29.3 Å². The largest absolute Gasteiger partial charge is 0.497 e. The molecule has 1 amide bonds. The lowest BCUT2D eigenvalue weighted by molar-refractivity contribution is -0.162. The van der Waals surface area contributed by atoms with E-state index in [-0.39, 0.29) is 11.9 Å². The van der Waals surface area contributed by atoms with Gasteiger partial charge in [-0.3, -0.25) is 14.5 Å². The fraction of sp³-hybridized carbons (Fsp3) is 0.680. The number of rotatable bonds is 8. The Kier molecular flexibility index (Phi) is 8.52. The SMILES string of the molecule is COc1ccc2c(c1)CCC(C(=O)OC(C)(C)C)C2C(=O)NCCN(C(C)C)C(C)C. The number of aryl methyl sites for hydroxylation is 1. The number of carbonyl (C=O) groups excluding carboxylic acids is 2. The van der Waals surface area contributed by atoms with Crippen LogP contribution in [0.5, 0.6) is 5.75 Å². The zero-order chi connectivity index (χ0) is 23.3. The molecule has 0 heterocycles. The molecule has 0 aliphatic heterocycles. The fourth-order valence-electron chi connectivity index (χ4n) is 4.41. The van der Waals surface area contributed by atoms with Crippen molar-refractivity contribution < 1.29 is 19.1 Å². The van der Waals surface area contributed by atoms with Crippen molar-refractivity contribution in [3.63, 3.8) is 0 Å². The normalized spacial score (nSPS) is 18.8. The summed E-state index contributed by atoms with van der Waals surface area (Å²) >= 11 is 0. The second kappa shape index (κ2) is 10.5. The predicted molar refractivity (Wildman–Crippen MR) is 123 cm³/mol. The van der Waals surface area contributed by atoms with Crippen molar-refractivity contribution in [2.75, 3.05) is 20.2 Å². The number of nitrogens with zero attached hydrogens (tertiary/aromatic N) is 1. The van der Waals surface area contributed by atoms with Crippen LogP contribution in [-0.2, 0) is 20.7 Å². The zero-order valence-electron chi connectivity index (χ0n) is 20.5. The van der Waals surface area contributed by atoms with Crippen LogP contribution in [0.4, 0.5) is 0 Å². The Bertz CT molecular complexity index is 759. The molecule has 1 aromatic carbocycles. The molecule has 6 nitrogen and oxygen atoms in total. The highest BCUT2D eigenvalue weighted by Crippen LogP contribution is 2.39. The van der Waals surface area contributed by atoms with Gasteiger partial charge in [0.2, 0.25) is 5.91 Å². The topological polar surface area (TPSA) is 67.9 Å². The maximum Gasteiger partial charge on any atom is 0.310 e. The molecule has 2 unspecified atom stereocenters. The van der Waals surface area contributed by atoms with E-state index in [1.54, 1.807) is 7.11 Å². The number of ether oxygens (including phenoxy) is 2. The molecule has 1 N–H and O–H groups in total. The highest BCUT2D eigenvalue weighted by molar-refractivity contribution is 5.90. The zero-order valence-corrected chi connectivity index (χ0v) is 20.5. The molecule has 1 aromatic rings. The Morgan fingerprint density at radius 2 is 1.81 bits per heavy atom. The molecule has 1 aliphatic rings. The standard InChI is InChI=1S/C25H40N2O4/c1-16(2)27(17(3)4)14-13-26-23(28)22-20-12-10-19(30-8)15-18(20)9-11-21(22)24(29)31-25(5,6)7/h10,12,15-17,21-22H,9,11,13-14H2,1-8H3,(H,26,28). The number of benzene rings is 1. The van der Waals surface area contributed by atoms with E-state index in [4.69, 9.17) is 9.47 Å². The summed E-state index contributed by atoms with van der Waals surface area (Å²) in [6, 6.07) is 6.54. The highest BCUT2D eigenvalue weighted by atomic mass is 16.6. The number of esters is 1. The molecule has 1 aliphatic carbocycles. The van der Waals surface area contributed by atoms with Crippen molar-refractivity contribution in [2.24, 2.45) is 5.92 Å². The number of hydrogen-bond acceptors (Lipinski definition) is 5. The quantitative estimate of drug-likeness (QED) is 0.631. The Balaban J connectivity index is 2.24. The van der Waals surface area contributed by atoms with Crippen LogP contribution in [0.1, 0.15) is 71.9 Å². The van der Waals surface area contributed by atoms with Crippen molar-refractivity contribution in [2.45, 2.75) is 84.9 Å². The minimum absolute atomic E-state index is 0.116. The molecule has 2 atom stereocenters. The van der Waals surface area contributed by atoms with Gasteiger partial charge in [0, 0.05) is 25.2 Å². The van der Waals surface area contributed by atoms with Gasteiger partial charge in [0.25, 0.3) is 0 Å². The first-order valence-corrected chi connectivity index (χ1v) is 11.4. The van der Waals surface area contributed by atoms with E-state index in [2.05, 4.69) is 37.9 Å². The van der Waals surface area contributed by atoms with Gasteiger partial charge in [-0.25, -0.2) is 0 Å². The molecule has 0 spiro atoms. The van der Waals surface area contributed by atoms with Crippen molar-refractivity contribution in [1.29, 1.82) is 0 Å². The van der Waals surface area contributed by atoms with Crippen LogP contribution in [0.2, 0.25) is 0 Å². The van der Waals surface area contributed by atoms with Gasteiger partial charge in [0.05, 0.1) is 18.9 Å². The highest BCUT2D eigenvalue weighted by Gasteiger charge is 2.41. The second-order valence-corrected chi connectivity index (χ2v) is 9.94. The first-order chi connectivity index (χ1) is 14.4. The van der Waals surface area contributed by atoms with Crippen LogP contribution in [0.3, 0.4) is 0 Å². The van der Waals surface area contributed by atoms with Crippen molar-refractivity contribution >= 4 is 11.9 Å². The van der Waals surface area contributed by atoms with Gasteiger partial charge in [-0.2, -0.15) is 0 Å². The minimum atomic E-state index is -0.590. The molecule has 2 rings (SSSR count). The van der Waals surface area contributed by atoms with E-state index in [9.17, 15) is 9.59 Å². The fourth-order valence-corrected chi connectivity index (χ4v) is 4.41. The molecular weight excluding hydrogens is 392 g/mol. The Morgan fingerprint density at radius 1 is 1.16 bits per heavy atom. The average Bonchev–Trinajstić information content (AvgIpc) is 2.67. The minimum Gasteiger partial charge on any atom is -0.497 e. The molecule has 0 fully saturated rings. The summed E-state index contributed by atoms with van der Waals surface area (Å²) in [5.41, 5.74) is 1.36. The summed E-state index contributed by atoms with van der Waals surface area (Å²) in [4.78, 5) is 28.7. The third kappa shape index (κ3) is 6.70. The Hall–Kier alpha value is -2.08. The first kappa shape index (κ1) is 25.2. The molecule has 6 heteroatoms. The van der Waals surface area contributed by atoms with Crippen LogP contribution < -0.4 is 10.1 Å². The average molecular weight is 433 g/mol. The summed E-state index contributed by atoms with van der Waals surface area (Å²) in [6.45, 7) is 15.5. The van der Waals surface area contributed by atoms with E-state index in [1.165, 1.54) is 0 Å². The van der Waals surface area contributed by atoms with Crippen LogP contribution in [-0.4, -0.2) is 54.7 Å². The summed E-state index contributed by atoms with van der Waals surface area (Å²) in [6.07, 6.45) is 1.30. The van der Waals surface area contributed by atoms with Gasteiger partial charge >= 0.3 is 5.97 Å².